The number of rotatable bonds is 5. The first-order valence-electron chi connectivity index (χ1n) is 8.83. The van der Waals surface area contributed by atoms with Gasteiger partial charge < -0.3 is 14.2 Å². The van der Waals surface area contributed by atoms with Gasteiger partial charge in [-0.1, -0.05) is 18.2 Å². The summed E-state index contributed by atoms with van der Waals surface area (Å²) in [6, 6.07) is 19.9. The van der Waals surface area contributed by atoms with E-state index in [1.54, 1.807) is 18.2 Å². The van der Waals surface area contributed by atoms with Gasteiger partial charge in [0.15, 0.2) is 0 Å². The van der Waals surface area contributed by atoms with Crippen LogP contribution in [0.25, 0.3) is 0 Å². The van der Waals surface area contributed by atoms with E-state index in [-0.39, 0.29) is 10.6 Å². The number of carbonyl (C=O) groups is 1. The van der Waals surface area contributed by atoms with Crippen molar-refractivity contribution in [2.75, 3.05) is 6.61 Å². The van der Waals surface area contributed by atoms with Gasteiger partial charge in [0.25, 0.3) is 10.0 Å². The minimum absolute atomic E-state index is 0.0229. The summed E-state index contributed by atoms with van der Waals surface area (Å²) in [6.07, 6.45) is -0.473. The maximum atomic E-state index is 12.4. The van der Waals surface area contributed by atoms with Gasteiger partial charge in [0, 0.05) is 6.42 Å². The molecular weight excluding hydrogens is 394 g/mol. The first-order chi connectivity index (χ1) is 14.0. The largest absolute Gasteiger partial charge is 0.493 e. The van der Waals surface area contributed by atoms with Crippen molar-refractivity contribution in [3.8, 4) is 23.0 Å². The molecule has 0 unspecified atom stereocenters. The second-order valence-electron chi connectivity index (χ2n) is 6.25. The Labute approximate surface area is 167 Å². The van der Waals surface area contributed by atoms with Gasteiger partial charge in [0.2, 0.25) is 0 Å². The van der Waals surface area contributed by atoms with E-state index in [0.29, 0.717) is 30.3 Å². The summed E-state index contributed by atoms with van der Waals surface area (Å²) >= 11 is 0. The van der Waals surface area contributed by atoms with Crippen molar-refractivity contribution in [2.24, 2.45) is 0 Å². The molecule has 0 atom stereocenters. The van der Waals surface area contributed by atoms with Gasteiger partial charge >= 0.3 is 6.09 Å². The van der Waals surface area contributed by atoms with E-state index in [1.165, 1.54) is 24.3 Å². The number of sulfonamides is 1. The fourth-order valence-corrected chi connectivity index (χ4v) is 3.75. The molecule has 1 aliphatic heterocycles. The summed E-state index contributed by atoms with van der Waals surface area (Å²) in [7, 11) is -4.05. The molecule has 0 aliphatic carbocycles. The third kappa shape index (κ3) is 4.49. The molecule has 0 aromatic heterocycles. The Balaban J connectivity index is 1.39. The highest BCUT2D eigenvalue weighted by molar-refractivity contribution is 7.90. The van der Waals surface area contributed by atoms with Crippen LogP contribution in [-0.4, -0.2) is 21.1 Å². The fraction of sp³-hybridized carbons (Fsp3) is 0.0952. The summed E-state index contributed by atoms with van der Waals surface area (Å²) in [4.78, 5) is 12.0. The normalized spacial score (nSPS) is 12.6. The summed E-state index contributed by atoms with van der Waals surface area (Å²) in [5, 5.41) is 0. The van der Waals surface area contributed by atoms with E-state index < -0.39 is 16.1 Å². The van der Waals surface area contributed by atoms with Crippen LogP contribution >= 0.6 is 0 Å². The number of hydrogen-bond acceptors (Lipinski definition) is 6. The quantitative estimate of drug-likeness (QED) is 0.685. The van der Waals surface area contributed by atoms with Gasteiger partial charge in [0.05, 0.1) is 11.5 Å². The molecule has 0 spiro atoms. The highest BCUT2D eigenvalue weighted by atomic mass is 32.2. The lowest BCUT2D eigenvalue weighted by molar-refractivity contribution is 0.206. The first kappa shape index (κ1) is 18.8. The van der Waals surface area contributed by atoms with E-state index >= 15 is 0 Å². The van der Waals surface area contributed by atoms with Crippen molar-refractivity contribution in [1.82, 2.24) is 4.72 Å². The van der Waals surface area contributed by atoms with E-state index in [2.05, 4.69) is 0 Å². The number of benzene rings is 3. The molecule has 148 valence electrons. The summed E-state index contributed by atoms with van der Waals surface area (Å²) in [5.41, 5.74) is 0.787. The van der Waals surface area contributed by atoms with Crippen molar-refractivity contribution >= 4 is 16.1 Å². The predicted octanol–water partition coefficient (Wildman–Crippen LogP) is 3.89. The van der Waals surface area contributed by atoms with E-state index in [9.17, 15) is 13.2 Å². The highest BCUT2D eigenvalue weighted by Crippen LogP contribution is 2.28. The second kappa shape index (κ2) is 7.84. The molecule has 0 saturated carbocycles. The standard InChI is InChI=1S/C21H17NO6S/c23-21(22-29(24,25)19-10-11-20-15(14-19)12-13-26-20)28-18-8-6-17(7-9-18)27-16-4-2-1-3-5-16/h1-11,14H,12-13H2,(H,22,23). The van der Waals surface area contributed by atoms with Gasteiger partial charge in [-0.2, -0.15) is 0 Å². The maximum Gasteiger partial charge on any atom is 0.426 e. The lowest BCUT2D eigenvalue weighted by Crippen LogP contribution is -2.33. The molecule has 4 rings (SSSR count). The van der Waals surface area contributed by atoms with E-state index in [4.69, 9.17) is 14.2 Å². The molecule has 0 fully saturated rings. The number of para-hydroxylation sites is 1. The summed E-state index contributed by atoms with van der Waals surface area (Å²) in [5.74, 6) is 2.06. The van der Waals surface area contributed by atoms with Crippen molar-refractivity contribution in [3.05, 3.63) is 78.4 Å². The molecule has 3 aromatic rings. The van der Waals surface area contributed by atoms with Crippen LogP contribution in [0.2, 0.25) is 0 Å². The Kier molecular flexibility index (Phi) is 5.09. The molecule has 8 heteroatoms. The molecule has 0 saturated heterocycles. The van der Waals surface area contributed by atoms with Gasteiger partial charge in [-0.05, 0) is 60.2 Å². The van der Waals surface area contributed by atoms with Crippen LogP contribution in [0.3, 0.4) is 0 Å². The Hall–Kier alpha value is -3.52. The molecule has 1 N–H and O–H groups in total. The molecule has 1 aliphatic rings. The topological polar surface area (TPSA) is 90.9 Å². The third-order valence-electron chi connectivity index (χ3n) is 4.20. The number of fused-ring (bicyclic) bond motifs is 1. The van der Waals surface area contributed by atoms with Gasteiger partial charge in [0.1, 0.15) is 23.0 Å². The van der Waals surface area contributed by atoms with Crippen molar-refractivity contribution in [2.45, 2.75) is 11.3 Å². The monoisotopic (exact) mass is 411 g/mol. The van der Waals surface area contributed by atoms with Crippen LogP contribution in [0.15, 0.2) is 77.7 Å². The van der Waals surface area contributed by atoms with Crippen LogP contribution in [0.4, 0.5) is 4.79 Å². The molecule has 29 heavy (non-hydrogen) atoms. The Morgan fingerprint density at radius 3 is 2.34 bits per heavy atom. The predicted molar refractivity (Wildman–Crippen MR) is 105 cm³/mol. The second-order valence-corrected chi connectivity index (χ2v) is 7.93. The molecule has 0 bridgehead atoms. The summed E-state index contributed by atoms with van der Waals surface area (Å²) in [6.45, 7) is 0.512. The van der Waals surface area contributed by atoms with Crippen LogP contribution in [0.5, 0.6) is 23.0 Å². The number of amides is 1. The molecule has 0 radical (unpaired) electrons. The van der Waals surface area contributed by atoms with E-state index in [0.717, 1.165) is 5.56 Å². The van der Waals surface area contributed by atoms with Crippen LogP contribution in [0.1, 0.15) is 5.56 Å². The fourth-order valence-electron chi connectivity index (χ4n) is 2.83. The number of nitrogens with one attached hydrogen (secondary N) is 1. The average Bonchev–Trinajstić information content (AvgIpc) is 3.18. The van der Waals surface area contributed by atoms with Crippen LogP contribution < -0.4 is 18.9 Å². The van der Waals surface area contributed by atoms with Crippen LogP contribution in [-0.2, 0) is 16.4 Å². The average molecular weight is 411 g/mol. The highest BCUT2D eigenvalue weighted by Gasteiger charge is 2.22. The Morgan fingerprint density at radius 1 is 0.897 bits per heavy atom. The molecule has 1 amide bonds. The zero-order chi connectivity index (χ0) is 20.3. The van der Waals surface area contributed by atoms with Crippen molar-refractivity contribution in [1.29, 1.82) is 0 Å². The minimum atomic E-state index is -4.05. The molecular formula is C21H17NO6S. The van der Waals surface area contributed by atoms with Gasteiger partial charge in [-0.25, -0.2) is 17.9 Å². The molecule has 1 heterocycles. The number of hydrogen-bond donors (Lipinski definition) is 1. The Bertz CT molecular complexity index is 1130. The van der Waals surface area contributed by atoms with Crippen molar-refractivity contribution in [3.63, 3.8) is 0 Å². The third-order valence-corrected chi connectivity index (χ3v) is 5.51. The Morgan fingerprint density at radius 2 is 1.59 bits per heavy atom. The SMILES string of the molecule is O=C(NS(=O)(=O)c1ccc2c(c1)CCO2)Oc1ccc(Oc2ccccc2)cc1. The maximum absolute atomic E-state index is 12.4. The van der Waals surface area contributed by atoms with Gasteiger partial charge in [-0.3, -0.25) is 0 Å². The number of ether oxygens (including phenoxy) is 3. The minimum Gasteiger partial charge on any atom is -0.493 e. The van der Waals surface area contributed by atoms with Crippen molar-refractivity contribution < 1.29 is 27.4 Å². The zero-order valence-corrected chi connectivity index (χ0v) is 16.0. The smallest absolute Gasteiger partial charge is 0.426 e. The van der Waals surface area contributed by atoms with E-state index in [1.807, 2.05) is 35.1 Å². The summed E-state index contributed by atoms with van der Waals surface area (Å²) < 4.78 is 42.8. The molecule has 3 aromatic carbocycles. The van der Waals surface area contributed by atoms with Crippen LogP contribution in [0, 0.1) is 0 Å². The molecule has 7 nitrogen and oxygen atoms in total. The lowest BCUT2D eigenvalue weighted by Gasteiger charge is -2.10. The lowest BCUT2D eigenvalue weighted by atomic mass is 10.2. The number of carbonyl (C=O) groups excluding carboxylic acids is 1. The zero-order valence-electron chi connectivity index (χ0n) is 15.2. The first-order valence-corrected chi connectivity index (χ1v) is 10.3. The van der Waals surface area contributed by atoms with Gasteiger partial charge in [-0.15, -0.1) is 0 Å².